The number of ether oxygens (including phenoxy) is 2. The van der Waals surface area contributed by atoms with E-state index in [-0.39, 0.29) is 6.10 Å². The highest BCUT2D eigenvalue weighted by molar-refractivity contribution is 5.31. The molecule has 3 rings (SSSR count). The molecule has 0 unspecified atom stereocenters. The number of methoxy groups -OCH3 is 1. The average Bonchev–Trinajstić information content (AvgIpc) is 2.58. The molecule has 1 aromatic carbocycles. The van der Waals surface area contributed by atoms with Crippen molar-refractivity contribution in [2.45, 2.75) is 44.5 Å². The summed E-state index contributed by atoms with van der Waals surface area (Å²) in [5.74, 6) is 0.604. The van der Waals surface area contributed by atoms with E-state index in [0.717, 1.165) is 17.5 Å². The molecule has 1 aliphatic carbocycles. The molecule has 0 saturated heterocycles. The van der Waals surface area contributed by atoms with Crippen molar-refractivity contribution >= 4 is 0 Å². The van der Waals surface area contributed by atoms with Crippen molar-refractivity contribution in [3.8, 4) is 5.88 Å². The Bertz CT molecular complexity index is 651. The molecule has 0 bridgehead atoms. The van der Waals surface area contributed by atoms with Crippen molar-refractivity contribution in [3.05, 3.63) is 59.3 Å². The van der Waals surface area contributed by atoms with Crippen LogP contribution in [0.3, 0.4) is 0 Å². The van der Waals surface area contributed by atoms with E-state index in [1.54, 1.807) is 7.11 Å². The van der Waals surface area contributed by atoms with Gasteiger partial charge in [-0.05, 0) is 18.1 Å². The number of benzene rings is 1. The maximum Gasteiger partial charge on any atom is 0.216 e. The lowest BCUT2D eigenvalue weighted by molar-refractivity contribution is -0.151. The number of aliphatic hydroxyl groups is 1. The quantitative estimate of drug-likeness (QED) is 0.889. The highest BCUT2D eigenvalue weighted by atomic mass is 16.5. The molecule has 1 N–H and O–H groups in total. The lowest BCUT2D eigenvalue weighted by Crippen LogP contribution is -2.46. The minimum Gasteiger partial charge on any atom is -0.481 e. The molecular formula is C19H23NO3. The lowest BCUT2D eigenvalue weighted by atomic mass is 9.75. The minimum absolute atomic E-state index is 0.0684. The molecule has 1 fully saturated rings. The second kappa shape index (κ2) is 6.69. The SMILES string of the molecule is CCc1ccc(C2(O)CC(OCc3ccccc3)C2)nc1OC. The number of nitrogens with zero attached hydrogens (tertiary/aromatic N) is 1. The van der Waals surface area contributed by atoms with Crippen LogP contribution >= 0.6 is 0 Å². The summed E-state index contributed by atoms with van der Waals surface area (Å²) in [5.41, 5.74) is 1.97. The van der Waals surface area contributed by atoms with E-state index in [2.05, 4.69) is 11.9 Å². The number of pyridine rings is 1. The minimum atomic E-state index is -0.902. The summed E-state index contributed by atoms with van der Waals surface area (Å²) < 4.78 is 11.2. The second-order valence-corrected chi connectivity index (χ2v) is 6.08. The van der Waals surface area contributed by atoms with Gasteiger partial charge in [-0.15, -0.1) is 0 Å². The van der Waals surface area contributed by atoms with Crippen molar-refractivity contribution < 1.29 is 14.6 Å². The Balaban J connectivity index is 1.60. The van der Waals surface area contributed by atoms with Crippen LogP contribution in [0.4, 0.5) is 0 Å². The molecule has 0 amide bonds. The molecule has 0 atom stereocenters. The fourth-order valence-electron chi connectivity index (χ4n) is 2.98. The van der Waals surface area contributed by atoms with Crippen LogP contribution in [0.25, 0.3) is 0 Å². The second-order valence-electron chi connectivity index (χ2n) is 6.08. The highest BCUT2D eigenvalue weighted by Crippen LogP contribution is 2.43. The van der Waals surface area contributed by atoms with Crippen LogP contribution < -0.4 is 4.74 Å². The Kier molecular flexibility index (Phi) is 4.64. The molecule has 2 aromatic rings. The van der Waals surface area contributed by atoms with E-state index >= 15 is 0 Å². The largest absolute Gasteiger partial charge is 0.481 e. The van der Waals surface area contributed by atoms with Crippen LogP contribution in [0.5, 0.6) is 5.88 Å². The van der Waals surface area contributed by atoms with Crippen LogP contribution in [-0.4, -0.2) is 23.3 Å². The van der Waals surface area contributed by atoms with Gasteiger partial charge in [0.2, 0.25) is 5.88 Å². The van der Waals surface area contributed by atoms with Crippen molar-refractivity contribution in [3.63, 3.8) is 0 Å². The van der Waals surface area contributed by atoms with E-state index in [1.807, 2.05) is 42.5 Å². The molecule has 4 heteroatoms. The van der Waals surface area contributed by atoms with Crippen LogP contribution in [0, 0.1) is 0 Å². The van der Waals surface area contributed by atoms with Gasteiger partial charge in [0.25, 0.3) is 0 Å². The molecule has 0 spiro atoms. The average molecular weight is 313 g/mol. The van der Waals surface area contributed by atoms with Gasteiger partial charge in [0.05, 0.1) is 25.5 Å². The third-order valence-corrected chi connectivity index (χ3v) is 4.45. The van der Waals surface area contributed by atoms with E-state index in [1.165, 1.54) is 0 Å². The summed E-state index contributed by atoms with van der Waals surface area (Å²) in [4.78, 5) is 4.48. The van der Waals surface area contributed by atoms with Gasteiger partial charge < -0.3 is 14.6 Å². The van der Waals surface area contributed by atoms with Crippen molar-refractivity contribution in [1.29, 1.82) is 0 Å². The van der Waals surface area contributed by atoms with Crippen LogP contribution in [0.15, 0.2) is 42.5 Å². The first-order valence-electron chi connectivity index (χ1n) is 8.07. The normalized spacial score (nSPS) is 23.3. The Morgan fingerprint density at radius 1 is 1.17 bits per heavy atom. The molecule has 23 heavy (non-hydrogen) atoms. The smallest absolute Gasteiger partial charge is 0.216 e. The Hall–Kier alpha value is -1.91. The molecule has 4 nitrogen and oxygen atoms in total. The molecular weight excluding hydrogens is 290 g/mol. The van der Waals surface area contributed by atoms with Gasteiger partial charge in [0, 0.05) is 18.4 Å². The highest BCUT2D eigenvalue weighted by Gasteiger charge is 2.46. The Labute approximate surface area is 137 Å². The standard InChI is InChI=1S/C19H23NO3/c1-3-15-9-10-17(20-18(15)22-2)19(21)11-16(12-19)23-13-14-7-5-4-6-8-14/h4-10,16,21H,3,11-13H2,1-2H3. The summed E-state index contributed by atoms with van der Waals surface area (Å²) in [7, 11) is 1.61. The van der Waals surface area contributed by atoms with Gasteiger partial charge in [0.15, 0.2) is 0 Å². The maximum absolute atomic E-state index is 10.7. The Morgan fingerprint density at radius 3 is 2.57 bits per heavy atom. The fraction of sp³-hybridized carbons (Fsp3) is 0.421. The molecule has 1 aliphatic rings. The van der Waals surface area contributed by atoms with Crippen molar-refractivity contribution in [2.24, 2.45) is 0 Å². The Morgan fingerprint density at radius 2 is 1.91 bits per heavy atom. The number of rotatable bonds is 6. The first-order chi connectivity index (χ1) is 11.1. The molecule has 1 aromatic heterocycles. The van der Waals surface area contributed by atoms with Gasteiger partial charge in [-0.25, -0.2) is 4.98 Å². The summed E-state index contributed by atoms with van der Waals surface area (Å²) in [6, 6.07) is 14.0. The van der Waals surface area contributed by atoms with Gasteiger partial charge >= 0.3 is 0 Å². The van der Waals surface area contributed by atoms with Crippen LogP contribution in [0.2, 0.25) is 0 Å². The van der Waals surface area contributed by atoms with Crippen LogP contribution in [-0.2, 0) is 23.4 Å². The van der Waals surface area contributed by atoms with E-state index < -0.39 is 5.60 Å². The lowest BCUT2D eigenvalue weighted by Gasteiger charge is -2.42. The number of aromatic nitrogens is 1. The van der Waals surface area contributed by atoms with Crippen LogP contribution in [0.1, 0.15) is 36.6 Å². The third-order valence-electron chi connectivity index (χ3n) is 4.45. The fourth-order valence-corrected chi connectivity index (χ4v) is 2.98. The monoisotopic (exact) mass is 313 g/mol. The summed E-state index contributed by atoms with van der Waals surface area (Å²) in [5, 5.41) is 10.7. The van der Waals surface area contributed by atoms with E-state index in [4.69, 9.17) is 9.47 Å². The van der Waals surface area contributed by atoms with Crippen molar-refractivity contribution in [1.82, 2.24) is 4.98 Å². The third kappa shape index (κ3) is 3.38. The van der Waals surface area contributed by atoms with Gasteiger partial charge in [-0.2, -0.15) is 0 Å². The first kappa shape index (κ1) is 16.0. The zero-order valence-corrected chi connectivity index (χ0v) is 13.7. The molecule has 1 saturated carbocycles. The zero-order valence-electron chi connectivity index (χ0n) is 13.7. The topological polar surface area (TPSA) is 51.6 Å². The maximum atomic E-state index is 10.7. The molecule has 122 valence electrons. The van der Waals surface area contributed by atoms with Gasteiger partial charge in [0.1, 0.15) is 5.60 Å². The predicted octanol–water partition coefficient (Wildman–Crippen LogP) is 3.22. The molecule has 0 radical (unpaired) electrons. The number of hydrogen-bond donors (Lipinski definition) is 1. The summed E-state index contributed by atoms with van der Waals surface area (Å²) in [6.45, 7) is 2.64. The molecule has 1 heterocycles. The predicted molar refractivity (Wildman–Crippen MR) is 88.3 cm³/mol. The first-order valence-corrected chi connectivity index (χ1v) is 8.07. The van der Waals surface area contributed by atoms with Gasteiger partial charge in [-0.1, -0.05) is 43.3 Å². The van der Waals surface area contributed by atoms with Crippen molar-refractivity contribution in [2.75, 3.05) is 7.11 Å². The number of aryl methyl sites for hydroxylation is 1. The molecule has 0 aliphatic heterocycles. The summed E-state index contributed by atoms with van der Waals surface area (Å²) in [6.07, 6.45) is 2.07. The number of hydrogen-bond acceptors (Lipinski definition) is 4. The zero-order chi connectivity index (χ0) is 16.3. The van der Waals surface area contributed by atoms with E-state index in [0.29, 0.717) is 31.0 Å². The van der Waals surface area contributed by atoms with E-state index in [9.17, 15) is 5.11 Å². The van der Waals surface area contributed by atoms with Gasteiger partial charge in [-0.3, -0.25) is 0 Å². The summed E-state index contributed by atoms with van der Waals surface area (Å²) >= 11 is 0.